The number of aromatic amines is 1. The van der Waals surface area contributed by atoms with E-state index >= 15 is 0 Å². The summed E-state index contributed by atoms with van der Waals surface area (Å²) in [5.74, 6) is 0.851. The van der Waals surface area contributed by atoms with Crippen LogP contribution >= 0.6 is 0 Å². The van der Waals surface area contributed by atoms with Crippen LogP contribution in [0.1, 0.15) is 47.3 Å². The molecule has 2 heterocycles. The first-order valence-corrected chi connectivity index (χ1v) is 7.20. The zero-order chi connectivity index (χ0) is 14.8. The SMILES string of the molecule is CC(C)c1nc(C(=O)Nc2cccc3c2CCNC3)n[nH]1. The van der Waals surface area contributed by atoms with E-state index in [2.05, 4.69) is 31.9 Å². The van der Waals surface area contributed by atoms with E-state index in [9.17, 15) is 4.79 Å². The second-order valence-corrected chi connectivity index (χ2v) is 5.52. The van der Waals surface area contributed by atoms with Gasteiger partial charge in [-0.15, -0.1) is 5.10 Å². The molecule has 0 fully saturated rings. The molecule has 110 valence electrons. The van der Waals surface area contributed by atoms with Crippen molar-refractivity contribution < 1.29 is 4.79 Å². The molecule has 1 aromatic heterocycles. The summed E-state index contributed by atoms with van der Waals surface area (Å²) in [6.07, 6.45) is 0.914. The number of hydrogen-bond donors (Lipinski definition) is 3. The summed E-state index contributed by atoms with van der Waals surface area (Å²) >= 11 is 0. The molecule has 0 saturated heterocycles. The maximum Gasteiger partial charge on any atom is 0.295 e. The molecule has 6 nitrogen and oxygen atoms in total. The van der Waals surface area contributed by atoms with Crippen LogP contribution in [-0.4, -0.2) is 27.6 Å². The number of anilines is 1. The highest BCUT2D eigenvalue weighted by atomic mass is 16.2. The van der Waals surface area contributed by atoms with Crippen LogP contribution in [0, 0.1) is 0 Å². The number of nitrogens with zero attached hydrogens (tertiary/aromatic N) is 2. The average Bonchev–Trinajstić information content (AvgIpc) is 2.98. The Morgan fingerprint density at radius 1 is 1.38 bits per heavy atom. The van der Waals surface area contributed by atoms with Crippen LogP contribution in [-0.2, 0) is 13.0 Å². The van der Waals surface area contributed by atoms with E-state index in [1.807, 2.05) is 26.0 Å². The monoisotopic (exact) mass is 285 g/mol. The summed E-state index contributed by atoms with van der Waals surface area (Å²) in [7, 11) is 0. The van der Waals surface area contributed by atoms with Crippen molar-refractivity contribution in [2.24, 2.45) is 0 Å². The quantitative estimate of drug-likeness (QED) is 0.803. The fraction of sp³-hybridized carbons (Fsp3) is 0.400. The van der Waals surface area contributed by atoms with Crippen molar-refractivity contribution in [1.29, 1.82) is 0 Å². The van der Waals surface area contributed by atoms with E-state index < -0.39 is 0 Å². The highest BCUT2D eigenvalue weighted by Crippen LogP contribution is 2.23. The summed E-state index contributed by atoms with van der Waals surface area (Å²) in [5, 5.41) is 13.0. The van der Waals surface area contributed by atoms with Gasteiger partial charge in [0.15, 0.2) is 0 Å². The van der Waals surface area contributed by atoms with Gasteiger partial charge in [-0.1, -0.05) is 26.0 Å². The van der Waals surface area contributed by atoms with Gasteiger partial charge in [-0.25, -0.2) is 4.98 Å². The first-order valence-electron chi connectivity index (χ1n) is 7.20. The average molecular weight is 285 g/mol. The molecule has 0 spiro atoms. The fourth-order valence-electron chi connectivity index (χ4n) is 2.46. The minimum atomic E-state index is -0.273. The molecular formula is C15H19N5O. The van der Waals surface area contributed by atoms with Crippen LogP contribution < -0.4 is 10.6 Å². The smallest absolute Gasteiger partial charge is 0.295 e. The van der Waals surface area contributed by atoms with Crippen LogP contribution in [0.25, 0.3) is 0 Å². The van der Waals surface area contributed by atoms with Gasteiger partial charge >= 0.3 is 0 Å². The molecule has 0 aliphatic carbocycles. The summed E-state index contributed by atoms with van der Waals surface area (Å²) in [4.78, 5) is 16.5. The Hall–Kier alpha value is -2.21. The van der Waals surface area contributed by atoms with Gasteiger partial charge in [0.1, 0.15) is 5.82 Å². The van der Waals surface area contributed by atoms with Crippen LogP contribution in [0.5, 0.6) is 0 Å². The highest BCUT2D eigenvalue weighted by molar-refractivity contribution is 6.02. The van der Waals surface area contributed by atoms with Gasteiger partial charge in [0, 0.05) is 18.2 Å². The molecule has 1 aliphatic heterocycles. The second-order valence-electron chi connectivity index (χ2n) is 5.52. The lowest BCUT2D eigenvalue weighted by atomic mass is 9.99. The van der Waals surface area contributed by atoms with Gasteiger partial charge in [0.2, 0.25) is 5.82 Å². The van der Waals surface area contributed by atoms with Crippen molar-refractivity contribution >= 4 is 11.6 Å². The second kappa shape index (κ2) is 5.65. The van der Waals surface area contributed by atoms with Crippen LogP contribution in [0.3, 0.4) is 0 Å². The molecule has 3 N–H and O–H groups in total. The molecule has 0 unspecified atom stereocenters. The van der Waals surface area contributed by atoms with Crippen molar-refractivity contribution in [1.82, 2.24) is 20.5 Å². The fourth-order valence-corrected chi connectivity index (χ4v) is 2.46. The number of benzene rings is 1. The third-order valence-corrected chi connectivity index (χ3v) is 3.64. The van der Waals surface area contributed by atoms with Gasteiger partial charge in [0.05, 0.1) is 0 Å². The Bertz CT molecular complexity index is 662. The van der Waals surface area contributed by atoms with Crippen molar-refractivity contribution in [3.8, 4) is 0 Å². The van der Waals surface area contributed by atoms with Crippen molar-refractivity contribution in [2.45, 2.75) is 32.7 Å². The van der Waals surface area contributed by atoms with E-state index in [4.69, 9.17) is 0 Å². The molecule has 1 amide bonds. The Balaban J connectivity index is 1.81. The maximum atomic E-state index is 12.3. The van der Waals surface area contributed by atoms with E-state index in [1.165, 1.54) is 11.1 Å². The van der Waals surface area contributed by atoms with Crippen molar-refractivity contribution in [2.75, 3.05) is 11.9 Å². The molecule has 3 rings (SSSR count). The van der Waals surface area contributed by atoms with Gasteiger partial charge < -0.3 is 10.6 Å². The zero-order valence-corrected chi connectivity index (χ0v) is 12.2. The van der Waals surface area contributed by atoms with Crippen molar-refractivity contribution in [3.63, 3.8) is 0 Å². The molecule has 0 saturated carbocycles. The molecular weight excluding hydrogens is 266 g/mol. The molecule has 21 heavy (non-hydrogen) atoms. The Labute approximate surface area is 123 Å². The van der Waals surface area contributed by atoms with E-state index in [0.717, 1.165) is 31.0 Å². The summed E-state index contributed by atoms with van der Waals surface area (Å²) in [6.45, 7) is 5.78. The lowest BCUT2D eigenvalue weighted by molar-refractivity contribution is 0.101. The third-order valence-electron chi connectivity index (χ3n) is 3.64. The lowest BCUT2D eigenvalue weighted by Gasteiger charge is -2.20. The van der Waals surface area contributed by atoms with E-state index in [1.54, 1.807) is 0 Å². The number of H-pyrrole nitrogens is 1. The predicted molar refractivity (Wildman–Crippen MR) is 80.3 cm³/mol. The number of amides is 1. The van der Waals surface area contributed by atoms with Gasteiger partial charge in [-0.05, 0) is 30.2 Å². The number of hydrogen-bond acceptors (Lipinski definition) is 4. The molecule has 0 bridgehead atoms. The number of fused-ring (bicyclic) bond motifs is 1. The predicted octanol–water partition coefficient (Wildman–Crippen LogP) is 1.83. The minimum Gasteiger partial charge on any atom is -0.319 e. The number of carbonyl (C=O) groups is 1. The summed E-state index contributed by atoms with van der Waals surface area (Å²) in [5.41, 5.74) is 3.29. The Morgan fingerprint density at radius 2 is 2.24 bits per heavy atom. The molecule has 0 radical (unpaired) electrons. The number of nitrogens with one attached hydrogen (secondary N) is 3. The Kier molecular flexibility index (Phi) is 3.70. The maximum absolute atomic E-state index is 12.3. The number of rotatable bonds is 3. The summed E-state index contributed by atoms with van der Waals surface area (Å²) < 4.78 is 0. The van der Waals surface area contributed by atoms with Crippen LogP contribution in [0.15, 0.2) is 18.2 Å². The number of aromatic nitrogens is 3. The van der Waals surface area contributed by atoms with Gasteiger partial charge in [-0.2, -0.15) is 0 Å². The lowest BCUT2D eigenvalue weighted by Crippen LogP contribution is -2.25. The first kappa shape index (κ1) is 13.8. The first-order chi connectivity index (χ1) is 10.1. The van der Waals surface area contributed by atoms with E-state index in [-0.39, 0.29) is 17.6 Å². The van der Waals surface area contributed by atoms with Crippen molar-refractivity contribution in [3.05, 3.63) is 41.0 Å². The Morgan fingerprint density at radius 3 is 3.00 bits per heavy atom. The highest BCUT2D eigenvalue weighted by Gasteiger charge is 2.18. The van der Waals surface area contributed by atoms with Crippen LogP contribution in [0.4, 0.5) is 5.69 Å². The molecule has 1 aromatic carbocycles. The standard InChI is InChI=1S/C15H19N5O/c1-9(2)13-18-14(20-19-13)15(21)17-12-5-3-4-10-8-16-7-6-11(10)12/h3-5,9,16H,6-8H2,1-2H3,(H,17,21)(H,18,19,20). The molecule has 6 heteroatoms. The third kappa shape index (κ3) is 2.80. The summed E-state index contributed by atoms with van der Waals surface area (Å²) in [6, 6.07) is 5.97. The topological polar surface area (TPSA) is 82.7 Å². The number of carbonyl (C=O) groups excluding carboxylic acids is 1. The van der Waals surface area contributed by atoms with Crippen LogP contribution in [0.2, 0.25) is 0 Å². The normalized spacial score (nSPS) is 14.0. The molecule has 2 aromatic rings. The van der Waals surface area contributed by atoms with Gasteiger partial charge in [-0.3, -0.25) is 9.89 Å². The largest absolute Gasteiger partial charge is 0.319 e. The van der Waals surface area contributed by atoms with Gasteiger partial charge in [0.25, 0.3) is 5.91 Å². The minimum absolute atomic E-state index is 0.185. The molecule has 0 atom stereocenters. The zero-order valence-electron chi connectivity index (χ0n) is 12.2. The van der Waals surface area contributed by atoms with E-state index in [0.29, 0.717) is 0 Å². The molecule has 1 aliphatic rings.